The van der Waals surface area contributed by atoms with Gasteiger partial charge in [-0.2, -0.15) is 0 Å². The van der Waals surface area contributed by atoms with E-state index in [4.69, 9.17) is 20.4 Å². The van der Waals surface area contributed by atoms with Gasteiger partial charge in [0.25, 0.3) is 0 Å². The van der Waals surface area contributed by atoms with E-state index in [1.165, 1.54) is 0 Å². The Bertz CT molecular complexity index is 167. The quantitative estimate of drug-likeness (QED) is 0.335. The molecule has 0 bridgehead atoms. The van der Waals surface area contributed by atoms with Gasteiger partial charge in [-0.15, -0.1) is 0 Å². The summed E-state index contributed by atoms with van der Waals surface area (Å²) in [5.74, 6) is -0.204. The van der Waals surface area contributed by atoms with Crippen molar-refractivity contribution in [3.05, 3.63) is 0 Å². The fraction of sp³-hybridized carbons (Fsp3) is 1.00. The molecule has 1 rings (SSSR count). The first-order valence-corrected chi connectivity index (χ1v) is 5.08. The molecule has 0 amide bonds. The van der Waals surface area contributed by atoms with Crippen molar-refractivity contribution in [1.29, 1.82) is 0 Å². The van der Waals surface area contributed by atoms with Gasteiger partial charge in [-0.25, -0.2) is 0 Å². The van der Waals surface area contributed by atoms with Crippen LogP contribution in [0.5, 0.6) is 0 Å². The van der Waals surface area contributed by atoms with Gasteiger partial charge in [-0.05, 0) is 0 Å². The number of aliphatic hydroxyl groups is 4. The van der Waals surface area contributed by atoms with Gasteiger partial charge in [0.15, 0.2) is 0 Å². The molecule has 1 saturated heterocycles. The smallest absolute Gasteiger partial charge is 0.109 e. The van der Waals surface area contributed by atoms with Crippen molar-refractivity contribution in [2.24, 2.45) is 0 Å². The Balaban J connectivity index is 2.73. The van der Waals surface area contributed by atoms with Gasteiger partial charge in [0.1, 0.15) is 12.2 Å². The maximum Gasteiger partial charge on any atom is 0.109 e. The molecule has 0 unspecified atom stereocenters. The zero-order valence-electron chi connectivity index (χ0n) is 6.33. The standard InChI is InChI=1S/C6H12O5S/c7-3-1-12(11)2-4(8)6(10)5(3)9/h3-10H,1-2H2/t3-,4-,5-,6-/m1/s1. The minimum Gasteiger partial charge on any atom is -0.389 e. The number of hydrogen-bond acceptors (Lipinski definition) is 5. The van der Waals surface area contributed by atoms with Gasteiger partial charge < -0.3 is 20.4 Å². The van der Waals surface area contributed by atoms with Crippen LogP contribution in [0.15, 0.2) is 0 Å². The summed E-state index contributed by atoms with van der Waals surface area (Å²) in [5, 5.41) is 36.4. The average molecular weight is 196 g/mol. The van der Waals surface area contributed by atoms with E-state index in [0.29, 0.717) is 0 Å². The summed E-state index contributed by atoms with van der Waals surface area (Å²) in [6.45, 7) is 0. The minimum atomic E-state index is -1.41. The van der Waals surface area contributed by atoms with Crippen LogP contribution >= 0.6 is 0 Å². The van der Waals surface area contributed by atoms with Crippen LogP contribution in [0.3, 0.4) is 0 Å². The fourth-order valence-corrected chi connectivity index (χ4v) is 2.39. The summed E-state index contributed by atoms with van der Waals surface area (Å²) in [6.07, 6.45) is -5.27. The number of hydrogen-bond donors (Lipinski definition) is 4. The van der Waals surface area contributed by atoms with Crippen molar-refractivity contribution in [1.82, 2.24) is 0 Å². The largest absolute Gasteiger partial charge is 0.389 e. The predicted molar refractivity (Wildman–Crippen MR) is 41.9 cm³/mol. The first-order valence-electron chi connectivity index (χ1n) is 3.59. The maximum atomic E-state index is 11.0. The molecule has 5 nitrogen and oxygen atoms in total. The molecular weight excluding hydrogens is 184 g/mol. The summed E-state index contributed by atoms with van der Waals surface area (Å²) >= 11 is 0. The van der Waals surface area contributed by atoms with Gasteiger partial charge in [0.05, 0.1) is 23.7 Å². The van der Waals surface area contributed by atoms with Crippen molar-refractivity contribution in [2.75, 3.05) is 11.5 Å². The Morgan fingerprint density at radius 2 is 1.25 bits per heavy atom. The second kappa shape index (κ2) is 3.80. The Labute approximate surface area is 72.1 Å². The van der Waals surface area contributed by atoms with Crippen LogP contribution in [0.4, 0.5) is 0 Å². The molecule has 1 aliphatic heterocycles. The van der Waals surface area contributed by atoms with Crippen LogP contribution in [-0.4, -0.2) is 60.6 Å². The van der Waals surface area contributed by atoms with E-state index < -0.39 is 35.2 Å². The minimum absolute atomic E-state index is 0.102. The van der Waals surface area contributed by atoms with Crippen molar-refractivity contribution >= 4 is 10.8 Å². The van der Waals surface area contributed by atoms with Crippen molar-refractivity contribution < 1.29 is 24.6 Å². The normalized spacial score (nSPS) is 50.2. The molecule has 0 aromatic heterocycles. The van der Waals surface area contributed by atoms with Crippen LogP contribution in [0.1, 0.15) is 0 Å². The first kappa shape index (κ1) is 10.1. The van der Waals surface area contributed by atoms with Crippen LogP contribution in [-0.2, 0) is 10.8 Å². The van der Waals surface area contributed by atoms with Gasteiger partial charge in [-0.1, -0.05) is 0 Å². The highest BCUT2D eigenvalue weighted by Crippen LogP contribution is 2.12. The second-order valence-corrected chi connectivity index (χ2v) is 4.44. The van der Waals surface area contributed by atoms with Crippen molar-refractivity contribution in [3.63, 3.8) is 0 Å². The summed E-state index contributed by atoms with van der Waals surface area (Å²) in [7, 11) is -1.38. The fourth-order valence-electron chi connectivity index (χ4n) is 1.10. The third kappa shape index (κ3) is 2.02. The van der Waals surface area contributed by atoms with E-state index in [1.807, 2.05) is 0 Å². The van der Waals surface area contributed by atoms with Crippen LogP contribution < -0.4 is 0 Å². The molecule has 0 spiro atoms. The lowest BCUT2D eigenvalue weighted by Crippen LogP contribution is -2.43. The van der Waals surface area contributed by atoms with E-state index in [2.05, 4.69) is 0 Å². The lowest BCUT2D eigenvalue weighted by Gasteiger charge is -2.20. The second-order valence-electron chi connectivity index (χ2n) is 2.89. The first-order chi connectivity index (χ1) is 5.52. The molecule has 4 N–H and O–H groups in total. The molecule has 72 valence electrons. The highest BCUT2D eigenvalue weighted by Gasteiger charge is 2.35. The molecule has 0 aliphatic carbocycles. The highest BCUT2D eigenvalue weighted by molar-refractivity contribution is 7.85. The van der Waals surface area contributed by atoms with E-state index in [9.17, 15) is 4.21 Å². The molecule has 0 aromatic rings. The SMILES string of the molecule is O=S1C[C@@H](O)[C@@H](O)[C@H](O)[C@H](O)C1. The molecule has 4 atom stereocenters. The van der Waals surface area contributed by atoms with Crippen LogP contribution in [0.2, 0.25) is 0 Å². The van der Waals surface area contributed by atoms with E-state index in [-0.39, 0.29) is 11.5 Å². The van der Waals surface area contributed by atoms with E-state index in [1.54, 1.807) is 0 Å². The third-order valence-corrected chi connectivity index (χ3v) is 3.28. The number of rotatable bonds is 0. The lowest BCUT2D eigenvalue weighted by atomic mass is 10.1. The molecule has 1 heterocycles. The topological polar surface area (TPSA) is 98.0 Å². The van der Waals surface area contributed by atoms with Gasteiger partial charge in [0, 0.05) is 10.8 Å². The molecule has 6 heteroatoms. The Kier molecular flexibility index (Phi) is 3.19. The molecule has 1 aliphatic rings. The van der Waals surface area contributed by atoms with Gasteiger partial charge >= 0.3 is 0 Å². The molecule has 1 fully saturated rings. The summed E-state index contributed by atoms with van der Waals surface area (Å²) in [6, 6.07) is 0. The van der Waals surface area contributed by atoms with Crippen molar-refractivity contribution in [3.8, 4) is 0 Å². The Hall–Kier alpha value is -0.0100. The number of aliphatic hydroxyl groups excluding tert-OH is 4. The predicted octanol–water partition coefficient (Wildman–Crippen LogP) is -2.81. The Morgan fingerprint density at radius 1 is 0.917 bits per heavy atom. The summed E-state index contributed by atoms with van der Waals surface area (Å²) in [5.41, 5.74) is 0. The highest BCUT2D eigenvalue weighted by atomic mass is 32.2. The van der Waals surface area contributed by atoms with Crippen molar-refractivity contribution in [2.45, 2.75) is 24.4 Å². The third-order valence-electron chi connectivity index (χ3n) is 1.85. The van der Waals surface area contributed by atoms with Gasteiger partial charge in [0.2, 0.25) is 0 Å². The summed E-state index contributed by atoms with van der Waals surface area (Å²) in [4.78, 5) is 0. The monoisotopic (exact) mass is 196 g/mol. The zero-order valence-corrected chi connectivity index (χ0v) is 7.15. The zero-order chi connectivity index (χ0) is 9.30. The average Bonchev–Trinajstić information content (AvgIpc) is 2.05. The van der Waals surface area contributed by atoms with E-state index >= 15 is 0 Å². The molecule has 0 radical (unpaired) electrons. The van der Waals surface area contributed by atoms with Gasteiger partial charge in [-0.3, -0.25) is 4.21 Å². The van der Waals surface area contributed by atoms with Crippen LogP contribution in [0, 0.1) is 0 Å². The summed E-state index contributed by atoms with van der Waals surface area (Å²) < 4.78 is 11.0. The lowest BCUT2D eigenvalue weighted by molar-refractivity contribution is -0.0894. The molecule has 12 heavy (non-hydrogen) atoms. The van der Waals surface area contributed by atoms with Crippen LogP contribution in [0.25, 0.3) is 0 Å². The molecule has 0 aromatic carbocycles. The molecular formula is C6H12O5S. The maximum absolute atomic E-state index is 11.0. The molecule has 0 saturated carbocycles. The Morgan fingerprint density at radius 3 is 1.58 bits per heavy atom. The van der Waals surface area contributed by atoms with E-state index in [0.717, 1.165) is 0 Å².